The summed E-state index contributed by atoms with van der Waals surface area (Å²) in [4.78, 5) is 12.4. The van der Waals surface area contributed by atoms with E-state index in [9.17, 15) is 4.79 Å². The molecule has 4 rings (SSSR count). The summed E-state index contributed by atoms with van der Waals surface area (Å²) in [6.45, 7) is 7.43. The molecule has 0 bridgehead atoms. The Bertz CT molecular complexity index is 904. The van der Waals surface area contributed by atoms with E-state index in [-0.39, 0.29) is 5.97 Å². The average Bonchev–Trinajstić information content (AvgIpc) is 2.59. The Morgan fingerprint density at radius 3 is 2.67 bits per heavy atom. The zero-order chi connectivity index (χ0) is 16.9. The number of rotatable bonds is 2. The molecule has 0 aliphatic heterocycles. The zero-order valence-corrected chi connectivity index (χ0v) is 14.1. The monoisotopic (exact) mass is 316 g/mol. The fourth-order valence-electron chi connectivity index (χ4n) is 3.92. The molecule has 0 amide bonds. The number of benzene rings is 2. The molecule has 1 unspecified atom stereocenters. The van der Waals surface area contributed by atoms with E-state index in [1.165, 1.54) is 16.7 Å². The number of esters is 1. The van der Waals surface area contributed by atoms with Crippen LogP contribution < -0.4 is 0 Å². The van der Waals surface area contributed by atoms with Gasteiger partial charge in [0.05, 0.1) is 0 Å². The molecular formula is C22H20O2. The minimum atomic E-state index is -0.782. The topological polar surface area (TPSA) is 26.3 Å². The number of ether oxygens (including phenoxy) is 1. The molecule has 0 saturated carbocycles. The maximum Gasteiger partial charge on any atom is 0.334 e. The lowest BCUT2D eigenvalue weighted by molar-refractivity contribution is -0.148. The molecule has 2 aliphatic rings. The molecule has 24 heavy (non-hydrogen) atoms. The predicted octanol–water partition coefficient (Wildman–Crippen LogP) is 5.03. The highest BCUT2D eigenvalue weighted by Crippen LogP contribution is 2.53. The summed E-state index contributed by atoms with van der Waals surface area (Å²) in [7, 11) is 0. The fraction of sp³-hybridized carbons (Fsp3) is 0.227. The van der Waals surface area contributed by atoms with Gasteiger partial charge in [0.15, 0.2) is 5.60 Å². The van der Waals surface area contributed by atoms with Crippen molar-refractivity contribution < 1.29 is 9.53 Å². The molecular weight excluding hydrogens is 296 g/mol. The van der Waals surface area contributed by atoms with Crippen molar-refractivity contribution in [3.63, 3.8) is 0 Å². The molecule has 120 valence electrons. The van der Waals surface area contributed by atoms with Gasteiger partial charge in [0.25, 0.3) is 0 Å². The van der Waals surface area contributed by atoms with Gasteiger partial charge in [-0.25, -0.2) is 4.79 Å². The Hall–Kier alpha value is -2.61. The molecule has 2 aliphatic carbocycles. The van der Waals surface area contributed by atoms with Gasteiger partial charge in [-0.2, -0.15) is 0 Å². The molecule has 0 aromatic heterocycles. The highest BCUT2D eigenvalue weighted by Gasteiger charge is 2.43. The minimum Gasteiger partial charge on any atom is -0.446 e. The third-order valence-corrected chi connectivity index (χ3v) is 5.07. The second-order valence-electron chi connectivity index (χ2n) is 6.74. The number of carbonyl (C=O) groups excluding carboxylic acids is 1. The van der Waals surface area contributed by atoms with Gasteiger partial charge >= 0.3 is 5.97 Å². The van der Waals surface area contributed by atoms with Crippen molar-refractivity contribution in [2.75, 3.05) is 0 Å². The van der Waals surface area contributed by atoms with Gasteiger partial charge in [-0.1, -0.05) is 55.1 Å². The van der Waals surface area contributed by atoms with Gasteiger partial charge in [-0.05, 0) is 48.9 Å². The third kappa shape index (κ3) is 1.99. The van der Waals surface area contributed by atoms with Crippen molar-refractivity contribution in [3.8, 4) is 11.1 Å². The van der Waals surface area contributed by atoms with Crippen molar-refractivity contribution in [2.24, 2.45) is 0 Å². The average molecular weight is 316 g/mol. The van der Waals surface area contributed by atoms with Crippen LogP contribution in [0.4, 0.5) is 0 Å². The summed E-state index contributed by atoms with van der Waals surface area (Å²) in [5.41, 5.74) is 6.73. The number of fused-ring (bicyclic) bond motifs is 2. The lowest BCUT2D eigenvalue weighted by atomic mass is 9.69. The van der Waals surface area contributed by atoms with Gasteiger partial charge in [-0.3, -0.25) is 0 Å². The molecule has 0 saturated heterocycles. The van der Waals surface area contributed by atoms with Crippen LogP contribution in [0.1, 0.15) is 37.0 Å². The van der Waals surface area contributed by atoms with Crippen LogP contribution in [0.3, 0.4) is 0 Å². The van der Waals surface area contributed by atoms with E-state index in [1.54, 1.807) is 6.92 Å². The molecule has 1 atom stereocenters. The summed E-state index contributed by atoms with van der Waals surface area (Å²) in [6, 6.07) is 14.7. The van der Waals surface area contributed by atoms with Crippen LogP contribution >= 0.6 is 0 Å². The number of aryl methyl sites for hydroxylation is 1. The summed E-state index contributed by atoms with van der Waals surface area (Å²) in [6.07, 6.45) is 4.22. The SMILES string of the molecule is C=C(C)C(=O)OC1(C)C2=CCCc3cccc(c32)-c2ccccc21. The Morgan fingerprint density at radius 1 is 1.12 bits per heavy atom. The smallest absolute Gasteiger partial charge is 0.334 e. The molecule has 0 spiro atoms. The zero-order valence-electron chi connectivity index (χ0n) is 14.1. The first-order valence-corrected chi connectivity index (χ1v) is 8.34. The van der Waals surface area contributed by atoms with E-state index in [4.69, 9.17) is 4.74 Å². The lowest BCUT2D eigenvalue weighted by Gasteiger charge is -2.41. The first-order chi connectivity index (χ1) is 11.5. The van der Waals surface area contributed by atoms with Crippen molar-refractivity contribution >= 4 is 11.5 Å². The second-order valence-corrected chi connectivity index (χ2v) is 6.74. The first-order valence-electron chi connectivity index (χ1n) is 8.34. The molecule has 0 N–H and O–H groups in total. The molecule has 2 aromatic carbocycles. The highest BCUT2D eigenvalue weighted by atomic mass is 16.6. The Balaban J connectivity index is 2.01. The van der Waals surface area contributed by atoms with Gasteiger partial charge < -0.3 is 4.74 Å². The van der Waals surface area contributed by atoms with Crippen LogP contribution in [0.5, 0.6) is 0 Å². The molecule has 2 heteroatoms. The summed E-state index contributed by atoms with van der Waals surface area (Å²) >= 11 is 0. The highest BCUT2D eigenvalue weighted by molar-refractivity contribution is 5.96. The number of hydrogen-bond acceptors (Lipinski definition) is 2. The Morgan fingerprint density at radius 2 is 1.88 bits per heavy atom. The molecule has 0 heterocycles. The predicted molar refractivity (Wildman–Crippen MR) is 96.4 cm³/mol. The summed E-state index contributed by atoms with van der Waals surface area (Å²) in [5.74, 6) is -0.347. The summed E-state index contributed by atoms with van der Waals surface area (Å²) in [5, 5.41) is 0. The van der Waals surface area contributed by atoms with Crippen LogP contribution in [0, 0.1) is 0 Å². The quantitative estimate of drug-likeness (QED) is 0.573. The Labute approximate surface area is 142 Å². The molecule has 0 radical (unpaired) electrons. The van der Waals surface area contributed by atoms with Crippen LogP contribution in [0.25, 0.3) is 16.7 Å². The molecule has 0 fully saturated rings. The normalized spacial score (nSPS) is 20.5. The third-order valence-electron chi connectivity index (χ3n) is 5.07. The number of allylic oxidation sites excluding steroid dienone is 1. The standard InChI is InChI=1S/C22H20O2/c1-14(2)21(23)24-22(3)18-12-5-4-10-16(18)17-11-6-8-15-9-7-13-19(22)20(15)17/h4-6,8,10-13H,1,7,9H2,2-3H3. The van der Waals surface area contributed by atoms with Gasteiger partial charge in [0, 0.05) is 16.7 Å². The maximum absolute atomic E-state index is 12.4. The minimum absolute atomic E-state index is 0.347. The van der Waals surface area contributed by atoms with Crippen LogP contribution in [-0.2, 0) is 21.6 Å². The Kier molecular flexibility index (Phi) is 3.24. The van der Waals surface area contributed by atoms with E-state index in [0.717, 1.165) is 29.5 Å². The molecule has 2 nitrogen and oxygen atoms in total. The van der Waals surface area contributed by atoms with Gasteiger partial charge in [-0.15, -0.1) is 0 Å². The second kappa shape index (κ2) is 5.20. The van der Waals surface area contributed by atoms with E-state index in [0.29, 0.717) is 5.57 Å². The summed E-state index contributed by atoms with van der Waals surface area (Å²) < 4.78 is 6.01. The van der Waals surface area contributed by atoms with Gasteiger partial charge in [0.2, 0.25) is 0 Å². The van der Waals surface area contributed by atoms with E-state index >= 15 is 0 Å². The van der Waals surface area contributed by atoms with Crippen LogP contribution in [-0.4, -0.2) is 5.97 Å². The van der Waals surface area contributed by atoms with Crippen molar-refractivity contribution in [1.29, 1.82) is 0 Å². The van der Waals surface area contributed by atoms with E-state index < -0.39 is 5.60 Å². The van der Waals surface area contributed by atoms with E-state index in [2.05, 4.69) is 43.0 Å². The van der Waals surface area contributed by atoms with Crippen molar-refractivity contribution in [3.05, 3.63) is 77.4 Å². The first kappa shape index (κ1) is 14.9. The lowest BCUT2D eigenvalue weighted by Crippen LogP contribution is -2.35. The van der Waals surface area contributed by atoms with Gasteiger partial charge in [0.1, 0.15) is 0 Å². The number of carbonyl (C=O) groups is 1. The van der Waals surface area contributed by atoms with Crippen LogP contribution in [0.15, 0.2) is 60.7 Å². The van der Waals surface area contributed by atoms with Crippen LogP contribution in [0.2, 0.25) is 0 Å². The number of hydrogen-bond donors (Lipinski definition) is 0. The van der Waals surface area contributed by atoms with Crippen molar-refractivity contribution in [2.45, 2.75) is 32.3 Å². The maximum atomic E-state index is 12.4. The largest absolute Gasteiger partial charge is 0.446 e. The molecule has 2 aromatic rings. The van der Waals surface area contributed by atoms with Crippen molar-refractivity contribution in [1.82, 2.24) is 0 Å². The van der Waals surface area contributed by atoms with E-state index in [1.807, 2.05) is 19.1 Å². The fourth-order valence-corrected chi connectivity index (χ4v) is 3.92.